The zero-order valence-electron chi connectivity index (χ0n) is 10.2. The molecular formula is C12H16N2O3. The molecule has 1 aromatic carbocycles. The van der Waals surface area contributed by atoms with Crippen molar-refractivity contribution in [3.05, 3.63) is 23.8 Å². The Labute approximate surface area is 100 Å². The average molecular weight is 236 g/mol. The molecular weight excluding hydrogens is 220 g/mol. The highest BCUT2D eigenvalue weighted by atomic mass is 16.7. The Morgan fingerprint density at radius 3 is 2.71 bits per heavy atom. The molecule has 0 unspecified atom stereocenters. The summed E-state index contributed by atoms with van der Waals surface area (Å²) in [6, 6.07) is 5.55. The van der Waals surface area contributed by atoms with Crippen LogP contribution in [0.2, 0.25) is 0 Å². The molecule has 1 heterocycles. The van der Waals surface area contributed by atoms with E-state index < -0.39 is 5.41 Å². The van der Waals surface area contributed by atoms with Gasteiger partial charge in [-0.2, -0.15) is 0 Å². The minimum Gasteiger partial charge on any atom is -0.454 e. The van der Waals surface area contributed by atoms with Crippen LogP contribution < -0.4 is 20.3 Å². The molecule has 0 saturated heterocycles. The van der Waals surface area contributed by atoms with Crippen molar-refractivity contribution in [3.8, 4) is 11.5 Å². The molecule has 0 aliphatic carbocycles. The number of benzene rings is 1. The summed E-state index contributed by atoms with van der Waals surface area (Å²) in [4.78, 5) is 11.9. The van der Waals surface area contributed by atoms with E-state index in [2.05, 4.69) is 10.9 Å². The van der Waals surface area contributed by atoms with Crippen LogP contribution in [0.5, 0.6) is 11.5 Å². The number of ether oxygens (including phenoxy) is 2. The van der Waals surface area contributed by atoms with Gasteiger partial charge in [-0.3, -0.25) is 10.2 Å². The highest BCUT2D eigenvalue weighted by molar-refractivity contribution is 5.87. The van der Waals surface area contributed by atoms with Crippen molar-refractivity contribution >= 4 is 5.91 Å². The number of hydrazine groups is 1. The zero-order chi connectivity index (χ0) is 12.5. The van der Waals surface area contributed by atoms with Crippen molar-refractivity contribution in [1.29, 1.82) is 0 Å². The molecule has 2 rings (SSSR count). The van der Waals surface area contributed by atoms with Crippen LogP contribution in [0.3, 0.4) is 0 Å². The number of hydrogen-bond acceptors (Lipinski definition) is 4. The van der Waals surface area contributed by atoms with Crippen molar-refractivity contribution in [2.45, 2.75) is 19.3 Å². The van der Waals surface area contributed by atoms with Crippen LogP contribution in [0.4, 0.5) is 0 Å². The van der Waals surface area contributed by atoms with Gasteiger partial charge in [0.1, 0.15) is 0 Å². The molecule has 0 atom stereocenters. The number of hydrogen-bond donors (Lipinski definition) is 2. The fourth-order valence-corrected chi connectivity index (χ4v) is 1.69. The van der Waals surface area contributed by atoms with Crippen molar-refractivity contribution in [2.24, 2.45) is 0 Å². The lowest BCUT2D eigenvalue weighted by molar-refractivity contribution is -0.126. The fraction of sp³-hybridized carbons (Fsp3) is 0.417. The number of carbonyl (C=O) groups is 1. The largest absolute Gasteiger partial charge is 0.454 e. The highest BCUT2D eigenvalue weighted by Gasteiger charge is 2.31. The molecule has 0 saturated carbocycles. The molecule has 0 radical (unpaired) electrons. The van der Waals surface area contributed by atoms with E-state index in [0.29, 0.717) is 5.75 Å². The molecule has 0 spiro atoms. The topological polar surface area (TPSA) is 59.6 Å². The Hall–Kier alpha value is -1.75. The second kappa shape index (κ2) is 4.25. The Morgan fingerprint density at radius 1 is 1.29 bits per heavy atom. The zero-order valence-corrected chi connectivity index (χ0v) is 10.2. The Morgan fingerprint density at radius 2 is 2.00 bits per heavy atom. The summed E-state index contributed by atoms with van der Waals surface area (Å²) in [5, 5.41) is 0. The molecule has 1 aromatic rings. The molecule has 5 nitrogen and oxygen atoms in total. The van der Waals surface area contributed by atoms with Crippen LogP contribution in [-0.4, -0.2) is 19.7 Å². The minimum absolute atomic E-state index is 0.0983. The quantitative estimate of drug-likeness (QED) is 0.767. The summed E-state index contributed by atoms with van der Waals surface area (Å²) in [5.74, 6) is 1.31. The summed E-state index contributed by atoms with van der Waals surface area (Å²) < 4.78 is 10.5. The SMILES string of the molecule is CNNC(=O)C(C)(C)c1ccc2c(c1)OCO2. The van der Waals surface area contributed by atoms with Crippen LogP contribution in [0.1, 0.15) is 19.4 Å². The number of carbonyl (C=O) groups excluding carboxylic acids is 1. The molecule has 0 aromatic heterocycles. The maximum absolute atomic E-state index is 11.9. The van der Waals surface area contributed by atoms with Gasteiger partial charge in [0.05, 0.1) is 5.41 Å². The van der Waals surface area contributed by atoms with Gasteiger partial charge in [0.15, 0.2) is 11.5 Å². The van der Waals surface area contributed by atoms with E-state index in [-0.39, 0.29) is 12.7 Å². The first-order chi connectivity index (χ1) is 8.05. The third kappa shape index (κ3) is 2.06. The summed E-state index contributed by atoms with van der Waals surface area (Å²) in [6.45, 7) is 3.95. The first-order valence-corrected chi connectivity index (χ1v) is 5.43. The van der Waals surface area contributed by atoms with Crippen LogP contribution >= 0.6 is 0 Å². The molecule has 1 amide bonds. The molecule has 1 aliphatic rings. The van der Waals surface area contributed by atoms with Crippen molar-refractivity contribution in [2.75, 3.05) is 13.8 Å². The molecule has 17 heavy (non-hydrogen) atoms. The van der Waals surface area contributed by atoms with Crippen LogP contribution in [0.15, 0.2) is 18.2 Å². The second-order valence-corrected chi connectivity index (χ2v) is 4.40. The van der Waals surface area contributed by atoms with E-state index in [1.54, 1.807) is 7.05 Å². The van der Waals surface area contributed by atoms with Crippen LogP contribution in [-0.2, 0) is 10.2 Å². The summed E-state index contributed by atoms with van der Waals surface area (Å²) in [6.07, 6.45) is 0. The lowest BCUT2D eigenvalue weighted by Gasteiger charge is -2.24. The fourth-order valence-electron chi connectivity index (χ4n) is 1.69. The van der Waals surface area contributed by atoms with Gasteiger partial charge in [0.25, 0.3) is 0 Å². The highest BCUT2D eigenvalue weighted by Crippen LogP contribution is 2.36. The van der Waals surface area contributed by atoms with Gasteiger partial charge in [-0.15, -0.1) is 0 Å². The van der Waals surface area contributed by atoms with Gasteiger partial charge in [-0.25, -0.2) is 5.43 Å². The van der Waals surface area contributed by atoms with Gasteiger partial charge < -0.3 is 9.47 Å². The lowest BCUT2D eigenvalue weighted by atomic mass is 9.84. The van der Waals surface area contributed by atoms with Gasteiger partial charge in [-0.05, 0) is 31.5 Å². The predicted octanol–water partition coefficient (Wildman–Crippen LogP) is 0.943. The Kier molecular flexibility index (Phi) is 2.93. The van der Waals surface area contributed by atoms with Crippen LogP contribution in [0, 0.1) is 0 Å². The van der Waals surface area contributed by atoms with Crippen molar-refractivity contribution in [1.82, 2.24) is 10.9 Å². The average Bonchev–Trinajstić information content (AvgIpc) is 2.76. The standard InChI is InChI=1S/C12H16N2O3/c1-12(2,11(15)14-13-3)8-4-5-9-10(6-8)17-7-16-9/h4-6,13H,7H2,1-3H3,(H,14,15). The number of rotatable bonds is 3. The third-order valence-corrected chi connectivity index (χ3v) is 2.90. The van der Waals surface area contributed by atoms with E-state index in [1.807, 2.05) is 32.0 Å². The predicted molar refractivity (Wildman–Crippen MR) is 62.8 cm³/mol. The maximum Gasteiger partial charge on any atom is 0.244 e. The van der Waals surface area contributed by atoms with Crippen molar-refractivity contribution < 1.29 is 14.3 Å². The summed E-state index contributed by atoms with van der Waals surface area (Å²) in [5.41, 5.74) is 5.48. The molecule has 92 valence electrons. The monoisotopic (exact) mass is 236 g/mol. The Balaban J connectivity index is 2.30. The first kappa shape index (κ1) is 11.7. The van der Waals surface area contributed by atoms with Gasteiger partial charge in [0.2, 0.25) is 12.7 Å². The van der Waals surface area contributed by atoms with Crippen LogP contribution in [0.25, 0.3) is 0 Å². The maximum atomic E-state index is 11.9. The molecule has 0 fully saturated rings. The second-order valence-electron chi connectivity index (χ2n) is 4.40. The summed E-state index contributed by atoms with van der Waals surface area (Å²) >= 11 is 0. The lowest BCUT2D eigenvalue weighted by Crippen LogP contribution is -2.45. The van der Waals surface area contributed by atoms with Crippen molar-refractivity contribution in [3.63, 3.8) is 0 Å². The molecule has 2 N–H and O–H groups in total. The first-order valence-electron chi connectivity index (χ1n) is 5.43. The van der Waals surface area contributed by atoms with Gasteiger partial charge in [-0.1, -0.05) is 6.07 Å². The van der Waals surface area contributed by atoms with E-state index >= 15 is 0 Å². The molecule has 1 aliphatic heterocycles. The van der Waals surface area contributed by atoms with E-state index in [4.69, 9.17) is 9.47 Å². The van der Waals surface area contributed by atoms with Gasteiger partial charge in [0, 0.05) is 7.05 Å². The summed E-state index contributed by atoms with van der Waals surface area (Å²) in [7, 11) is 1.66. The van der Waals surface area contributed by atoms with E-state index in [9.17, 15) is 4.79 Å². The Bertz CT molecular complexity index is 443. The molecule has 5 heteroatoms. The smallest absolute Gasteiger partial charge is 0.244 e. The number of fused-ring (bicyclic) bond motifs is 1. The van der Waals surface area contributed by atoms with E-state index in [1.165, 1.54) is 0 Å². The molecule has 0 bridgehead atoms. The minimum atomic E-state index is -0.635. The normalized spacial score (nSPS) is 13.6. The third-order valence-electron chi connectivity index (χ3n) is 2.90. The number of amides is 1. The number of nitrogens with one attached hydrogen (secondary N) is 2. The van der Waals surface area contributed by atoms with E-state index in [0.717, 1.165) is 11.3 Å². The van der Waals surface area contributed by atoms with Gasteiger partial charge >= 0.3 is 0 Å².